The second-order valence-electron chi connectivity index (χ2n) is 4.24. The largest absolute Gasteiger partial charge is 0.460 e. The van der Waals surface area contributed by atoms with Gasteiger partial charge in [0.1, 0.15) is 0 Å². The average Bonchev–Trinajstić information content (AvgIpc) is 2.28. The lowest BCUT2D eigenvalue weighted by Gasteiger charge is -2.23. The standard InChI is InChI=1S/C13H14O4/c1-8(2)16-13(15)11-7-9-5-3-4-6-10(9)12(14)17-11/h3-6,8,11H,7H2,1-2H3. The van der Waals surface area contributed by atoms with Crippen LogP contribution in [-0.2, 0) is 20.7 Å². The van der Waals surface area contributed by atoms with E-state index in [2.05, 4.69) is 0 Å². The Morgan fingerprint density at radius 1 is 1.41 bits per heavy atom. The maximum Gasteiger partial charge on any atom is 0.348 e. The molecule has 1 heterocycles. The number of carbonyl (C=O) groups is 2. The van der Waals surface area contributed by atoms with E-state index in [9.17, 15) is 9.59 Å². The Balaban J connectivity index is 2.17. The van der Waals surface area contributed by atoms with Gasteiger partial charge >= 0.3 is 11.9 Å². The Morgan fingerprint density at radius 3 is 2.82 bits per heavy atom. The number of rotatable bonds is 2. The highest BCUT2D eigenvalue weighted by atomic mass is 16.6. The zero-order valence-corrected chi connectivity index (χ0v) is 9.80. The van der Waals surface area contributed by atoms with Crippen LogP contribution in [0.1, 0.15) is 29.8 Å². The van der Waals surface area contributed by atoms with E-state index in [1.165, 1.54) is 0 Å². The third kappa shape index (κ3) is 2.46. The molecule has 1 unspecified atom stereocenters. The van der Waals surface area contributed by atoms with Crippen molar-refractivity contribution in [3.63, 3.8) is 0 Å². The van der Waals surface area contributed by atoms with Gasteiger partial charge in [-0.3, -0.25) is 0 Å². The third-order valence-corrected chi connectivity index (χ3v) is 2.51. The second-order valence-corrected chi connectivity index (χ2v) is 4.24. The van der Waals surface area contributed by atoms with Crippen molar-refractivity contribution in [2.24, 2.45) is 0 Å². The summed E-state index contributed by atoms with van der Waals surface area (Å²) in [6, 6.07) is 7.13. The predicted octanol–water partition coefficient (Wildman–Crippen LogP) is 1.72. The van der Waals surface area contributed by atoms with Crippen molar-refractivity contribution in [3.05, 3.63) is 35.4 Å². The number of ether oxygens (including phenoxy) is 2. The molecule has 0 saturated carbocycles. The molecule has 1 aromatic carbocycles. The summed E-state index contributed by atoms with van der Waals surface area (Å²) in [4.78, 5) is 23.3. The SMILES string of the molecule is CC(C)OC(=O)C1Cc2ccccc2C(=O)O1. The van der Waals surface area contributed by atoms with Gasteiger partial charge in [0.15, 0.2) is 0 Å². The van der Waals surface area contributed by atoms with Gasteiger partial charge in [-0.25, -0.2) is 9.59 Å². The molecule has 0 N–H and O–H groups in total. The molecule has 4 heteroatoms. The second kappa shape index (κ2) is 4.57. The van der Waals surface area contributed by atoms with E-state index >= 15 is 0 Å². The minimum atomic E-state index is -0.820. The van der Waals surface area contributed by atoms with Crippen molar-refractivity contribution in [2.75, 3.05) is 0 Å². The van der Waals surface area contributed by atoms with Crippen LogP contribution in [-0.4, -0.2) is 24.1 Å². The average molecular weight is 234 g/mol. The number of hydrogen-bond donors (Lipinski definition) is 0. The maximum atomic E-state index is 11.7. The fourth-order valence-electron chi connectivity index (χ4n) is 1.77. The first kappa shape index (κ1) is 11.6. The van der Waals surface area contributed by atoms with Crippen LogP contribution in [0, 0.1) is 0 Å². The molecule has 0 spiro atoms. The third-order valence-electron chi connectivity index (χ3n) is 2.51. The van der Waals surface area contributed by atoms with Gasteiger partial charge in [-0.2, -0.15) is 0 Å². The summed E-state index contributed by atoms with van der Waals surface area (Å²) < 4.78 is 10.1. The summed E-state index contributed by atoms with van der Waals surface area (Å²) >= 11 is 0. The predicted molar refractivity (Wildman–Crippen MR) is 60.6 cm³/mol. The molecule has 0 fully saturated rings. The summed E-state index contributed by atoms with van der Waals surface area (Å²) in [5.74, 6) is -0.944. The van der Waals surface area contributed by atoms with E-state index in [1.54, 1.807) is 26.0 Å². The highest BCUT2D eigenvalue weighted by Gasteiger charge is 2.32. The highest BCUT2D eigenvalue weighted by Crippen LogP contribution is 2.21. The molecule has 1 aliphatic rings. The lowest BCUT2D eigenvalue weighted by atomic mass is 9.99. The van der Waals surface area contributed by atoms with Gasteiger partial charge in [0.25, 0.3) is 0 Å². The molecule has 1 atom stereocenters. The Kier molecular flexibility index (Phi) is 3.13. The van der Waals surface area contributed by atoms with Crippen LogP contribution in [0.3, 0.4) is 0 Å². The zero-order chi connectivity index (χ0) is 12.4. The number of benzene rings is 1. The number of fused-ring (bicyclic) bond motifs is 1. The van der Waals surface area contributed by atoms with Gasteiger partial charge in [-0.15, -0.1) is 0 Å². The molecule has 0 amide bonds. The van der Waals surface area contributed by atoms with Crippen LogP contribution < -0.4 is 0 Å². The maximum absolute atomic E-state index is 11.7. The normalized spacial score (nSPS) is 18.5. The summed E-state index contributed by atoms with van der Waals surface area (Å²) in [7, 11) is 0. The van der Waals surface area contributed by atoms with Crippen LogP contribution in [0.2, 0.25) is 0 Å². The van der Waals surface area contributed by atoms with Crippen LogP contribution in [0.15, 0.2) is 24.3 Å². The number of carbonyl (C=O) groups excluding carboxylic acids is 2. The van der Waals surface area contributed by atoms with Gasteiger partial charge in [0, 0.05) is 6.42 Å². The van der Waals surface area contributed by atoms with Crippen molar-refractivity contribution in [2.45, 2.75) is 32.5 Å². The van der Waals surface area contributed by atoms with E-state index < -0.39 is 18.0 Å². The Labute approximate surface area is 99.5 Å². The van der Waals surface area contributed by atoms with E-state index in [4.69, 9.17) is 9.47 Å². The summed E-state index contributed by atoms with van der Waals surface area (Å²) in [5, 5.41) is 0. The monoisotopic (exact) mass is 234 g/mol. The quantitative estimate of drug-likeness (QED) is 0.731. The number of hydrogen-bond acceptors (Lipinski definition) is 4. The van der Waals surface area contributed by atoms with Gasteiger partial charge in [0.2, 0.25) is 6.10 Å². The van der Waals surface area contributed by atoms with Crippen LogP contribution in [0.5, 0.6) is 0 Å². The first-order valence-electron chi connectivity index (χ1n) is 5.57. The lowest BCUT2D eigenvalue weighted by Crippen LogP contribution is -2.36. The van der Waals surface area contributed by atoms with Crippen molar-refractivity contribution < 1.29 is 19.1 Å². The molecular weight excluding hydrogens is 220 g/mol. The van der Waals surface area contributed by atoms with Crippen molar-refractivity contribution in [3.8, 4) is 0 Å². The van der Waals surface area contributed by atoms with E-state index in [0.29, 0.717) is 12.0 Å². The number of cyclic esters (lactones) is 1. The van der Waals surface area contributed by atoms with Crippen molar-refractivity contribution in [1.29, 1.82) is 0 Å². The van der Waals surface area contributed by atoms with Gasteiger partial charge in [-0.05, 0) is 25.5 Å². The minimum Gasteiger partial charge on any atom is -0.460 e. The molecule has 0 saturated heterocycles. The molecule has 2 rings (SSSR count). The summed E-state index contributed by atoms with van der Waals surface area (Å²) in [5.41, 5.74) is 1.36. The molecule has 0 aromatic heterocycles. The van der Waals surface area contributed by atoms with Gasteiger partial charge in [-0.1, -0.05) is 18.2 Å². The van der Waals surface area contributed by atoms with Crippen LogP contribution >= 0.6 is 0 Å². The van der Waals surface area contributed by atoms with Crippen LogP contribution in [0.4, 0.5) is 0 Å². The van der Waals surface area contributed by atoms with Gasteiger partial charge < -0.3 is 9.47 Å². The van der Waals surface area contributed by atoms with E-state index in [0.717, 1.165) is 5.56 Å². The fraction of sp³-hybridized carbons (Fsp3) is 0.385. The lowest BCUT2D eigenvalue weighted by molar-refractivity contribution is -0.158. The fourth-order valence-corrected chi connectivity index (χ4v) is 1.77. The van der Waals surface area contributed by atoms with E-state index in [-0.39, 0.29) is 6.10 Å². The molecule has 90 valence electrons. The Hall–Kier alpha value is -1.84. The van der Waals surface area contributed by atoms with Crippen molar-refractivity contribution >= 4 is 11.9 Å². The minimum absolute atomic E-state index is 0.210. The molecule has 1 aliphatic heterocycles. The van der Waals surface area contributed by atoms with E-state index in [1.807, 2.05) is 12.1 Å². The molecule has 0 bridgehead atoms. The molecule has 0 radical (unpaired) electrons. The smallest absolute Gasteiger partial charge is 0.348 e. The molecule has 1 aromatic rings. The topological polar surface area (TPSA) is 52.6 Å². The molecule has 0 aliphatic carbocycles. The summed E-state index contributed by atoms with van der Waals surface area (Å²) in [6.45, 7) is 3.52. The zero-order valence-electron chi connectivity index (χ0n) is 9.80. The summed E-state index contributed by atoms with van der Waals surface area (Å²) in [6.07, 6.45) is -0.647. The number of esters is 2. The highest BCUT2D eigenvalue weighted by molar-refractivity contribution is 5.94. The van der Waals surface area contributed by atoms with Gasteiger partial charge in [0.05, 0.1) is 11.7 Å². The first-order valence-corrected chi connectivity index (χ1v) is 5.57. The molecule has 17 heavy (non-hydrogen) atoms. The first-order chi connectivity index (χ1) is 8.08. The Morgan fingerprint density at radius 2 is 2.12 bits per heavy atom. The Bertz CT molecular complexity index is 450. The van der Waals surface area contributed by atoms with Crippen LogP contribution in [0.25, 0.3) is 0 Å². The molecule has 4 nitrogen and oxygen atoms in total. The van der Waals surface area contributed by atoms with Crippen molar-refractivity contribution in [1.82, 2.24) is 0 Å². The molecular formula is C13H14O4.